The van der Waals surface area contributed by atoms with Crippen LogP contribution in [0.4, 0.5) is 0 Å². The summed E-state index contributed by atoms with van der Waals surface area (Å²) in [6.07, 6.45) is 0. The summed E-state index contributed by atoms with van der Waals surface area (Å²) in [4.78, 5) is 0. The molecule has 0 aliphatic rings. The molecular weight excluding hydrogens is 294 g/mol. The summed E-state index contributed by atoms with van der Waals surface area (Å²) in [5.41, 5.74) is 3.08. The third kappa shape index (κ3) is 2.57. The second-order valence-electron chi connectivity index (χ2n) is 4.02. The minimum Gasteiger partial charge on any atom is -0.496 e. The molecule has 18 heavy (non-hydrogen) atoms. The van der Waals surface area contributed by atoms with Crippen molar-refractivity contribution in [2.75, 3.05) is 14.2 Å². The molecule has 0 aliphatic carbocycles. The van der Waals surface area contributed by atoms with Gasteiger partial charge in [0.1, 0.15) is 5.75 Å². The molecule has 5 heteroatoms. The van der Waals surface area contributed by atoms with Crippen LogP contribution in [0, 0.1) is 0 Å². The van der Waals surface area contributed by atoms with Crippen LogP contribution in [-0.4, -0.2) is 23.9 Å². The van der Waals surface area contributed by atoms with Gasteiger partial charge < -0.3 is 10.1 Å². The molecule has 1 aromatic carbocycles. The number of hydrogen-bond donors (Lipinski definition) is 1. The second-order valence-corrected chi connectivity index (χ2v) is 4.94. The van der Waals surface area contributed by atoms with Crippen LogP contribution in [0.5, 0.6) is 5.75 Å². The van der Waals surface area contributed by atoms with Crippen molar-refractivity contribution in [3.8, 4) is 17.0 Å². The maximum atomic E-state index is 5.40. The predicted molar refractivity (Wildman–Crippen MR) is 75.7 cm³/mol. The molecule has 0 saturated heterocycles. The van der Waals surface area contributed by atoms with Crippen LogP contribution in [0.2, 0.25) is 0 Å². The van der Waals surface area contributed by atoms with Crippen LogP contribution in [0.15, 0.2) is 28.7 Å². The smallest absolute Gasteiger partial charge is 0.128 e. The van der Waals surface area contributed by atoms with Gasteiger partial charge in [0.05, 0.1) is 18.5 Å². The highest BCUT2D eigenvalue weighted by atomic mass is 79.9. The number of rotatable bonds is 4. The number of nitrogens with one attached hydrogen (secondary N) is 1. The van der Waals surface area contributed by atoms with Crippen molar-refractivity contribution in [1.82, 2.24) is 15.1 Å². The van der Waals surface area contributed by atoms with Crippen molar-refractivity contribution < 1.29 is 4.74 Å². The van der Waals surface area contributed by atoms with E-state index in [2.05, 4.69) is 32.4 Å². The average Bonchev–Trinajstić information content (AvgIpc) is 2.70. The van der Waals surface area contributed by atoms with Crippen molar-refractivity contribution in [3.05, 3.63) is 34.4 Å². The monoisotopic (exact) mass is 309 g/mol. The zero-order valence-electron chi connectivity index (χ0n) is 10.7. The molecule has 2 aromatic rings. The Kier molecular flexibility index (Phi) is 4.04. The largest absolute Gasteiger partial charge is 0.496 e. The first-order valence-electron chi connectivity index (χ1n) is 5.67. The lowest BCUT2D eigenvalue weighted by molar-refractivity contribution is 0.416. The van der Waals surface area contributed by atoms with Crippen molar-refractivity contribution in [2.24, 2.45) is 7.05 Å². The van der Waals surface area contributed by atoms with Crippen molar-refractivity contribution in [2.45, 2.75) is 6.54 Å². The van der Waals surface area contributed by atoms with Gasteiger partial charge in [-0.05, 0) is 31.3 Å². The van der Waals surface area contributed by atoms with Gasteiger partial charge in [0.25, 0.3) is 0 Å². The summed E-state index contributed by atoms with van der Waals surface area (Å²) in [5.74, 6) is 0.845. The maximum absolute atomic E-state index is 5.40. The molecule has 1 N–H and O–H groups in total. The Labute approximate surface area is 115 Å². The fraction of sp³-hybridized carbons (Fsp3) is 0.308. The molecule has 0 aliphatic heterocycles. The van der Waals surface area contributed by atoms with E-state index in [0.717, 1.165) is 33.7 Å². The fourth-order valence-corrected chi connectivity index (χ4v) is 2.29. The summed E-state index contributed by atoms with van der Waals surface area (Å²) in [7, 11) is 5.53. The van der Waals surface area contributed by atoms with E-state index in [4.69, 9.17) is 4.74 Å². The highest BCUT2D eigenvalue weighted by Gasteiger charge is 2.12. The van der Waals surface area contributed by atoms with Gasteiger partial charge in [0, 0.05) is 23.6 Å². The van der Waals surface area contributed by atoms with E-state index in [1.807, 2.05) is 37.0 Å². The van der Waals surface area contributed by atoms with Gasteiger partial charge in [-0.1, -0.05) is 15.9 Å². The van der Waals surface area contributed by atoms with Gasteiger partial charge in [-0.25, -0.2) is 0 Å². The number of methoxy groups -OCH3 is 1. The third-order valence-electron chi connectivity index (χ3n) is 2.73. The zero-order chi connectivity index (χ0) is 13.1. The van der Waals surface area contributed by atoms with Crippen molar-refractivity contribution in [3.63, 3.8) is 0 Å². The number of aromatic nitrogens is 2. The van der Waals surface area contributed by atoms with Crippen LogP contribution in [0.1, 0.15) is 5.69 Å². The molecular formula is C13H16BrN3O. The molecule has 1 aromatic heterocycles. The maximum Gasteiger partial charge on any atom is 0.128 e. The minimum atomic E-state index is 0.754. The summed E-state index contributed by atoms with van der Waals surface area (Å²) in [6, 6.07) is 8.02. The predicted octanol–water partition coefficient (Wildman–Crippen LogP) is 2.58. The standard InChI is InChI=1S/C13H16BrN3O/c1-15-8-10-7-12(17(2)16-10)11-6-9(14)4-5-13(11)18-3/h4-7,15H,8H2,1-3H3. The van der Waals surface area contributed by atoms with Gasteiger partial charge in [0.15, 0.2) is 0 Å². The van der Waals surface area contributed by atoms with Gasteiger partial charge in [-0.2, -0.15) is 5.10 Å². The first-order chi connectivity index (χ1) is 8.65. The summed E-state index contributed by atoms with van der Waals surface area (Å²) in [6.45, 7) is 0.754. The highest BCUT2D eigenvalue weighted by molar-refractivity contribution is 9.10. The Morgan fingerprint density at radius 2 is 2.17 bits per heavy atom. The number of nitrogens with zero attached hydrogens (tertiary/aromatic N) is 2. The van der Waals surface area contributed by atoms with Crippen LogP contribution in [0.25, 0.3) is 11.3 Å². The van der Waals surface area contributed by atoms with Gasteiger partial charge in [-0.15, -0.1) is 0 Å². The van der Waals surface area contributed by atoms with Crippen LogP contribution < -0.4 is 10.1 Å². The molecule has 0 radical (unpaired) electrons. The lowest BCUT2D eigenvalue weighted by Crippen LogP contribution is -2.05. The molecule has 1 heterocycles. The summed E-state index contributed by atoms with van der Waals surface area (Å²) >= 11 is 3.49. The fourth-order valence-electron chi connectivity index (χ4n) is 1.93. The highest BCUT2D eigenvalue weighted by Crippen LogP contribution is 2.32. The molecule has 0 amide bonds. The Morgan fingerprint density at radius 1 is 1.39 bits per heavy atom. The van der Waals surface area contributed by atoms with Crippen LogP contribution >= 0.6 is 15.9 Å². The first-order valence-corrected chi connectivity index (χ1v) is 6.46. The lowest BCUT2D eigenvalue weighted by Gasteiger charge is -2.08. The van der Waals surface area contributed by atoms with E-state index in [9.17, 15) is 0 Å². The molecule has 0 unspecified atom stereocenters. The molecule has 96 valence electrons. The van der Waals surface area contributed by atoms with Crippen LogP contribution in [-0.2, 0) is 13.6 Å². The van der Waals surface area contributed by atoms with E-state index in [1.165, 1.54) is 0 Å². The van der Waals surface area contributed by atoms with E-state index in [0.29, 0.717) is 0 Å². The van der Waals surface area contributed by atoms with E-state index in [1.54, 1.807) is 7.11 Å². The zero-order valence-corrected chi connectivity index (χ0v) is 12.3. The Morgan fingerprint density at radius 3 is 2.83 bits per heavy atom. The van der Waals surface area contributed by atoms with Crippen LogP contribution in [0.3, 0.4) is 0 Å². The van der Waals surface area contributed by atoms with Crippen molar-refractivity contribution >= 4 is 15.9 Å². The molecule has 2 rings (SSSR count). The topological polar surface area (TPSA) is 39.1 Å². The van der Waals surface area contributed by atoms with E-state index >= 15 is 0 Å². The molecule has 0 atom stereocenters. The number of aryl methyl sites for hydroxylation is 1. The third-order valence-corrected chi connectivity index (χ3v) is 3.22. The summed E-state index contributed by atoms with van der Waals surface area (Å²) < 4.78 is 8.30. The molecule has 0 bridgehead atoms. The molecule has 0 saturated carbocycles. The van der Waals surface area contributed by atoms with E-state index < -0.39 is 0 Å². The number of ether oxygens (including phenoxy) is 1. The number of benzene rings is 1. The lowest BCUT2D eigenvalue weighted by atomic mass is 10.1. The quantitative estimate of drug-likeness (QED) is 0.943. The Bertz CT molecular complexity index is 551. The molecule has 4 nitrogen and oxygen atoms in total. The Balaban J connectivity index is 2.50. The number of hydrogen-bond acceptors (Lipinski definition) is 3. The first kappa shape index (κ1) is 13.1. The normalized spacial score (nSPS) is 10.7. The second kappa shape index (κ2) is 5.54. The van der Waals surface area contributed by atoms with Gasteiger partial charge in [0.2, 0.25) is 0 Å². The summed E-state index contributed by atoms with van der Waals surface area (Å²) in [5, 5.41) is 7.56. The molecule has 0 spiro atoms. The van der Waals surface area contributed by atoms with E-state index in [-0.39, 0.29) is 0 Å². The van der Waals surface area contributed by atoms with Crippen molar-refractivity contribution in [1.29, 1.82) is 0 Å². The minimum absolute atomic E-state index is 0.754. The Hall–Kier alpha value is -1.33. The SMILES string of the molecule is CNCc1cc(-c2cc(Br)ccc2OC)n(C)n1. The van der Waals surface area contributed by atoms with Gasteiger partial charge >= 0.3 is 0 Å². The average molecular weight is 310 g/mol. The number of halogens is 1. The van der Waals surface area contributed by atoms with Gasteiger partial charge in [-0.3, -0.25) is 4.68 Å². The molecule has 0 fully saturated rings.